The molecule has 1 aromatic carbocycles. The van der Waals surface area contributed by atoms with Crippen LogP contribution in [0.15, 0.2) is 36.4 Å². The molecule has 1 heterocycles. The van der Waals surface area contributed by atoms with Crippen molar-refractivity contribution >= 4 is 40.7 Å². The Morgan fingerprint density at radius 2 is 1.75 bits per heavy atom. The number of pyridine rings is 1. The average Bonchev–Trinajstić information content (AvgIpc) is 2.56. The summed E-state index contributed by atoms with van der Waals surface area (Å²) in [5.74, 6) is -0.470. The topological polar surface area (TPSA) is 71.1 Å². The number of rotatable bonds is 5. The van der Waals surface area contributed by atoms with Gasteiger partial charge in [0.05, 0.1) is 10.7 Å². The fraction of sp³-hybridized carbons (Fsp3) is 0.235. The standard InChI is InChI=1S/C17H17Cl2N3O2/c1-10(2)9-20-16(23)13-4-3-5-14(21-13)17(24)22-15-8-11(18)6-7-12(15)19/h3-8,10H,9H2,1-2H3,(H,20,23)(H,22,24). The van der Waals surface area contributed by atoms with Crippen molar-refractivity contribution in [2.45, 2.75) is 13.8 Å². The maximum absolute atomic E-state index is 12.3. The SMILES string of the molecule is CC(C)CNC(=O)c1cccc(C(=O)Nc2cc(Cl)ccc2Cl)n1. The van der Waals surface area contributed by atoms with Gasteiger partial charge >= 0.3 is 0 Å². The second kappa shape index (κ2) is 8.13. The van der Waals surface area contributed by atoms with Crippen LogP contribution in [0.5, 0.6) is 0 Å². The van der Waals surface area contributed by atoms with Crippen LogP contribution < -0.4 is 10.6 Å². The molecule has 2 aromatic rings. The van der Waals surface area contributed by atoms with E-state index >= 15 is 0 Å². The molecule has 0 saturated carbocycles. The molecule has 126 valence electrons. The fourth-order valence-electron chi connectivity index (χ4n) is 1.85. The molecule has 0 radical (unpaired) electrons. The highest BCUT2D eigenvalue weighted by atomic mass is 35.5. The highest BCUT2D eigenvalue weighted by molar-refractivity contribution is 6.35. The van der Waals surface area contributed by atoms with Gasteiger partial charge in [0.25, 0.3) is 11.8 Å². The summed E-state index contributed by atoms with van der Waals surface area (Å²) in [6.45, 7) is 4.52. The third kappa shape index (κ3) is 4.94. The second-order valence-electron chi connectivity index (χ2n) is 5.59. The number of hydrogen-bond donors (Lipinski definition) is 2. The molecule has 2 N–H and O–H groups in total. The first-order chi connectivity index (χ1) is 11.4. The number of amides is 2. The van der Waals surface area contributed by atoms with Gasteiger partial charge in [0.1, 0.15) is 11.4 Å². The zero-order valence-electron chi connectivity index (χ0n) is 13.3. The molecule has 2 amide bonds. The van der Waals surface area contributed by atoms with Crippen LogP contribution >= 0.6 is 23.2 Å². The summed E-state index contributed by atoms with van der Waals surface area (Å²) >= 11 is 11.9. The lowest BCUT2D eigenvalue weighted by Gasteiger charge is -2.09. The van der Waals surface area contributed by atoms with Crippen LogP contribution in [-0.4, -0.2) is 23.3 Å². The minimum absolute atomic E-state index is 0.114. The Morgan fingerprint density at radius 3 is 2.42 bits per heavy atom. The van der Waals surface area contributed by atoms with Gasteiger partial charge in [-0.3, -0.25) is 9.59 Å². The number of aromatic nitrogens is 1. The van der Waals surface area contributed by atoms with Crippen molar-refractivity contribution in [1.82, 2.24) is 10.3 Å². The van der Waals surface area contributed by atoms with E-state index in [0.717, 1.165) is 0 Å². The Bertz CT molecular complexity index is 763. The van der Waals surface area contributed by atoms with Gasteiger partial charge in [0.2, 0.25) is 0 Å². The van der Waals surface area contributed by atoms with E-state index in [1.165, 1.54) is 6.07 Å². The van der Waals surface area contributed by atoms with E-state index in [0.29, 0.717) is 28.2 Å². The number of nitrogens with one attached hydrogen (secondary N) is 2. The van der Waals surface area contributed by atoms with Crippen molar-refractivity contribution in [3.63, 3.8) is 0 Å². The molecule has 0 unspecified atom stereocenters. The number of nitrogens with zero attached hydrogens (tertiary/aromatic N) is 1. The number of benzene rings is 1. The van der Waals surface area contributed by atoms with Crippen LogP contribution in [-0.2, 0) is 0 Å². The molecule has 0 aliphatic rings. The van der Waals surface area contributed by atoms with Gasteiger partial charge < -0.3 is 10.6 Å². The normalized spacial score (nSPS) is 10.5. The van der Waals surface area contributed by atoms with E-state index in [1.807, 2.05) is 13.8 Å². The second-order valence-corrected chi connectivity index (χ2v) is 6.43. The number of halogens is 2. The molecular formula is C17H17Cl2N3O2. The monoisotopic (exact) mass is 365 g/mol. The van der Waals surface area contributed by atoms with Crippen LogP contribution in [0.2, 0.25) is 10.0 Å². The van der Waals surface area contributed by atoms with Gasteiger partial charge in [-0.2, -0.15) is 0 Å². The Morgan fingerprint density at radius 1 is 1.08 bits per heavy atom. The maximum Gasteiger partial charge on any atom is 0.274 e. The van der Waals surface area contributed by atoms with E-state index in [1.54, 1.807) is 30.3 Å². The Kier molecular flexibility index (Phi) is 6.17. The molecule has 5 nitrogen and oxygen atoms in total. The van der Waals surface area contributed by atoms with Crippen LogP contribution in [0.3, 0.4) is 0 Å². The quantitative estimate of drug-likeness (QED) is 0.840. The van der Waals surface area contributed by atoms with Crippen molar-refractivity contribution in [2.24, 2.45) is 5.92 Å². The fourth-order valence-corrected chi connectivity index (χ4v) is 2.19. The summed E-state index contributed by atoms with van der Waals surface area (Å²) in [5.41, 5.74) is 0.675. The molecule has 0 spiro atoms. The summed E-state index contributed by atoms with van der Waals surface area (Å²) in [6.07, 6.45) is 0. The van der Waals surface area contributed by atoms with Gasteiger partial charge in [-0.1, -0.05) is 43.1 Å². The smallest absolute Gasteiger partial charge is 0.274 e. The molecule has 2 rings (SSSR count). The first-order valence-electron chi connectivity index (χ1n) is 7.38. The molecule has 0 bridgehead atoms. The minimum atomic E-state index is -0.474. The molecule has 7 heteroatoms. The summed E-state index contributed by atoms with van der Waals surface area (Å²) in [7, 11) is 0. The molecular weight excluding hydrogens is 349 g/mol. The van der Waals surface area contributed by atoms with Gasteiger partial charge in [-0.15, -0.1) is 0 Å². The lowest BCUT2D eigenvalue weighted by molar-refractivity contribution is 0.0944. The van der Waals surface area contributed by atoms with Crippen LogP contribution in [0, 0.1) is 5.92 Å². The summed E-state index contributed by atoms with van der Waals surface area (Å²) in [6, 6.07) is 9.43. The summed E-state index contributed by atoms with van der Waals surface area (Å²) < 4.78 is 0. The molecule has 24 heavy (non-hydrogen) atoms. The van der Waals surface area contributed by atoms with Crippen LogP contribution in [0.1, 0.15) is 34.8 Å². The third-order valence-corrected chi connectivity index (χ3v) is 3.63. The van der Waals surface area contributed by atoms with E-state index in [4.69, 9.17) is 23.2 Å². The van der Waals surface area contributed by atoms with Crippen molar-refractivity contribution in [1.29, 1.82) is 0 Å². The first-order valence-corrected chi connectivity index (χ1v) is 8.14. The largest absolute Gasteiger partial charge is 0.350 e. The van der Waals surface area contributed by atoms with Crippen molar-refractivity contribution in [2.75, 3.05) is 11.9 Å². The number of anilines is 1. The molecule has 0 atom stereocenters. The van der Waals surface area contributed by atoms with Gasteiger partial charge in [-0.05, 0) is 36.2 Å². The van der Waals surface area contributed by atoms with Crippen molar-refractivity contribution < 1.29 is 9.59 Å². The molecule has 0 fully saturated rings. The zero-order valence-corrected chi connectivity index (χ0v) is 14.8. The molecule has 1 aromatic heterocycles. The molecule has 0 saturated heterocycles. The van der Waals surface area contributed by atoms with Crippen molar-refractivity contribution in [3.05, 3.63) is 57.8 Å². The first kappa shape index (κ1) is 18.2. The van der Waals surface area contributed by atoms with E-state index in [-0.39, 0.29) is 17.3 Å². The zero-order chi connectivity index (χ0) is 17.7. The van der Waals surface area contributed by atoms with Crippen LogP contribution in [0.4, 0.5) is 5.69 Å². The van der Waals surface area contributed by atoms with E-state index in [2.05, 4.69) is 15.6 Å². The number of carbonyl (C=O) groups excluding carboxylic acids is 2. The number of carbonyl (C=O) groups is 2. The Hall–Kier alpha value is -2.11. The van der Waals surface area contributed by atoms with Gasteiger partial charge in [0.15, 0.2) is 0 Å². The maximum atomic E-state index is 12.3. The Labute approximate surface area is 150 Å². The lowest BCUT2D eigenvalue weighted by Crippen LogP contribution is -2.28. The predicted octanol–water partition coefficient (Wildman–Crippen LogP) is 4.03. The molecule has 0 aliphatic heterocycles. The molecule has 0 aliphatic carbocycles. The van der Waals surface area contributed by atoms with Gasteiger partial charge in [0, 0.05) is 11.6 Å². The minimum Gasteiger partial charge on any atom is -0.350 e. The van der Waals surface area contributed by atoms with E-state index < -0.39 is 5.91 Å². The predicted molar refractivity (Wildman–Crippen MR) is 95.8 cm³/mol. The highest BCUT2D eigenvalue weighted by Crippen LogP contribution is 2.25. The van der Waals surface area contributed by atoms with E-state index in [9.17, 15) is 9.59 Å². The average molecular weight is 366 g/mol. The van der Waals surface area contributed by atoms with Gasteiger partial charge in [-0.25, -0.2) is 4.98 Å². The van der Waals surface area contributed by atoms with Crippen LogP contribution in [0.25, 0.3) is 0 Å². The third-order valence-electron chi connectivity index (χ3n) is 3.06. The lowest BCUT2D eigenvalue weighted by atomic mass is 10.2. The number of hydrogen-bond acceptors (Lipinski definition) is 3. The summed E-state index contributed by atoms with van der Waals surface area (Å²) in [4.78, 5) is 28.4. The summed E-state index contributed by atoms with van der Waals surface area (Å²) in [5, 5.41) is 6.20. The Balaban J connectivity index is 2.14. The van der Waals surface area contributed by atoms with Crippen molar-refractivity contribution in [3.8, 4) is 0 Å². The highest BCUT2D eigenvalue weighted by Gasteiger charge is 2.14.